The van der Waals surface area contributed by atoms with Crippen LogP contribution < -0.4 is 23.7 Å². The number of benzene rings is 2. The highest BCUT2D eigenvalue weighted by atomic mass is 16.6. The third kappa shape index (κ3) is 5.14. The van der Waals surface area contributed by atoms with Crippen molar-refractivity contribution >= 4 is 18.1 Å². The average molecular weight is 421 g/mol. The molecular formula is C24H23NO6. The number of hydrogen-bond acceptors (Lipinski definition) is 7. The quantitative estimate of drug-likeness (QED) is 0.391. The molecule has 0 N–H and O–H groups in total. The molecule has 7 heteroatoms. The van der Waals surface area contributed by atoms with Crippen LogP contribution in [0.4, 0.5) is 0 Å². The van der Waals surface area contributed by atoms with E-state index >= 15 is 0 Å². The first-order chi connectivity index (χ1) is 15.1. The van der Waals surface area contributed by atoms with Crippen molar-refractivity contribution in [1.29, 1.82) is 0 Å². The van der Waals surface area contributed by atoms with E-state index in [0.717, 1.165) is 11.1 Å². The fourth-order valence-corrected chi connectivity index (χ4v) is 2.90. The summed E-state index contributed by atoms with van der Waals surface area (Å²) in [5.74, 6) is 1.25. The van der Waals surface area contributed by atoms with Crippen LogP contribution in [0.15, 0.2) is 54.9 Å². The second kappa shape index (κ2) is 10.2. The number of nitrogens with zero attached hydrogens (tertiary/aromatic N) is 1. The predicted octanol–water partition coefficient (Wildman–Crippen LogP) is 4.51. The second-order valence-corrected chi connectivity index (χ2v) is 6.33. The van der Waals surface area contributed by atoms with Gasteiger partial charge in [-0.3, -0.25) is 4.98 Å². The minimum atomic E-state index is -0.586. The Morgan fingerprint density at radius 2 is 1.32 bits per heavy atom. The number of ether oxygens (including phenoxy) is 5. The highest BCUT2D eigenvalue weighted by Gasteiger charge is 2.19. The van der Waals surface area contributed by atoms with Gasteiger partial charge >= 0.3 is 5.97 Å². The van der Waals surface area contributed by atoms with Crippen LogP contribution in [0.2, 0.25) is 0 Å². The summed E-state index contributed by atoms with van der Waals surface area (Å²) < 4.78 is 26.8. The zero-order valence-electron chi connectivity index (χ0n) is 17.7. The van der Waals surface area contributed by atoms with Crippen molar-refractivity contribution in [3.63, 3.8) is 0 Å². The maximum absolute atomic E-state index is 12.8. The number of hydrogen-bond donors (Lipinski definition) is 0. The SMILES string of the molecule is COc1cc(C=Cc2ccncc2)ccc1OC(=O)c1cc(OC)c(OC)c(OC)c1. The van der Waals surface area contributed by atoms with Crippen molar-refractivity contribution in [2.24, 2.45) is 0 Å². The molecule has 1 aromatic heterocycles. The number of carbonyl (C=O) groups excluding carboxylic acids is 1. The molecule has 0 atom stereocenters. The van der Waals surface area contributed by atoms with E-state index in [1.807, 2.05) is 30.4 Å². The Morgan fingerprint density at radius 3 is 1.90 bits per heavy atom. The molecule has 0 spiro atoms. The molecule has 1 heterocycles. The van der Waals surface area contributed by atoms with Crippen molar-refractivity contribution in [2.45, 2.75) is 0 Å². The van der Waals surface area contributed by atoms with Crippen LogP contribution in [0.5, 0.6) is 28.7 Å². The summed E-state index contributed by atoms with van der Waals surface area (Å²) in [6.45, 7) is 0. The van der Waals surface area contributed by atoms with Crippen LogP contribution in [-0.4, -0.2) is 39.4 Å². The number of esters is 1. The van der Waals surface area contributed by atoms with Gasteiger partial charge in [-0.1, -0.05) is 18.2 Å². The van der Waals surface area contributed by atoms with Crippen molar-refractivity contribution in [1.82, 2.24) is 4.98 Å². The Kier molecular flexibility index (Phi) is 7.11. The summed E-state index contributed by atoms with van der Waals surface area (Å²) in [7, 11) is 5.97. The van der Waals surface area contributed by atoms with Gasteiger partial charge in [-0.25, -0.2) is 4.79 Å². The Hall–Kier alpha value is -4.00. The summed E-state index contributed by atoms with van der Waals surface area (Å²) in [6, 6.07) is 12.2. The predicted molar refractivity (Wildman–Crippen MR) is 117 cm³/mol. The molecule has 31 heavy (non-hydrogen) atoms. The zero-order chi connectivity index (χ0) is 22.2. The van der Waals surface area contributed by atoms with Crippen molar-refractivity contribution < 1.29 is 28.5 Å². The van der Waals surface area contributed by atoms with Gasteiger partial charge in [-0.15, -0.1) is 0 Å². The maximum Gasteiger partial charge on any atom is 0.343 e. The van der Waals surface area contributed by atoms with E-state index in [0.29, 0.717) is 28.7 Å². The van der Waals surface area contributed by atoms with Crippen LogP contribution in [0.3, 0.4) is 0 Å². The first-order valence-electron chi connectivity index (χ1n) is 9.38. The molecule has 7 nitrogen and oxygen atoms in total. The van der Waals surface area contributed by atoms with E-state index < -0.39 is 5.97 Å². The number of rotatable bonds is 8. The fourth-order valence-electron chi connectivity index (χ4n) is 2.90. The fraction of sp³-hybridized carbons (Fsp3) is 0.167. The molecule has 0 aliphatic rings. The van der Waals surface area contributed by atoms with Gasteiger partial charge in [0.05, 0.1) is 34.0 Å². The van der Waals surface area contributed by atoms with E-state index in [4.69, 9.17) is 23.7 Å². The topological polar surface area (TPSA) is 76.1 Å². The average Bonchev–Trinajstić information content (AvgIpc) is 2.82. The van der Waals surface area contributed by atoms with E-state index in [1.54, 1.807) is 24.5 Å². The van der Waals surface area contributed by atoms with Crippen LogP contribution >= 0.6 is 0 Å². The van der Waals surface area contributed by atoms with E-state index in [2.05, 4.69) is 4.98 Å². The molecule has 0 aliphatic heterocycles. The molecule has 0 unspecified atom stereocenters. The summed E-state index contributed by atoms with van der Waals surface area (Å²) in [6.07, 6.45) is 7.35. The third-order valence-electron chi connectivity index (χ3n) is 4.47. The van der Waals surface area contributed by atoms with E-state index in [-0.39, 0.29) is 5.56 Å². The van der Waals surface area contributed by atoms with Crippen molar-refractivity contribution in [3.05, 3.63) is 71.5 Å². The molecule has 2 aromatic carbocycles. The molecule has 0 aliphatic carbocycles. The van der Waals surface area contributed by atoms with Crippen LogP contribution in [0.25, 0.3) is 12.2 Å². The normalized spacial score (nSPS) is 10.6. The van der Waals surface area contributed by atoms with Gasteiger partial charge in [-0.2, -0.15) is 0 Å². The van der Waals surface area contributed by atoms with E-state index in [9.17, 15) is 4.79 Å². The standard InChI is InChI=1S/C24H23NO6/c1-27-20-13-17(6-5-16-9-11-25-12-10-16)7-8-19(20)31-24(26)18-14-21(28-2)23(30-4)22(15-18)29-3/h5-15H,1-4H3. The lowest BCUT2D eigenvalue weighted by atomic mass is 10.1. The van der Waals surface area contributed by atoms with Gasteiger partial charge in [0.2, 0.25) is 5.75 Å². The number of pyridine rings is 1. The summed E-state index contributed by atoms with van der Waals surface area (Å²) >= 11 is 0. The highest BCUT2D eigenvalue weighted by molar-refractivity contribution is 5.93. The van der Waals surface area contributed by atoms with Gasteiger partial charge in [0, 0.05) is 12.4 Å². The smallest absolute Gasteiger partial charge is 0.343 e. The van der Waals surface area contributed by atoms with E-state index in [1.165, 1.54) is 40.6 Å². The molecule has 0 bridgehead atoms. The van der Waals surface area contributed by atoms with Gasteiger partial charge < -0.3 is 23.7 Å². The first-order valence-corrected chi connectivity index (χ1v) is 9.38. The molecule has 0 saturated heterocycles. The Balaban J connectivity index is 1.84. The van der Waals surface area contributed by atoms with Crippen LogP contribution in [-0.2, 0) is 0 Å². The molecule has 0 saturated carbocycles. The molecule has 160 valence electrons. The maximum atomic E-state index is 12.8. The molecule has 3 aromatic rings. The molecule has 3 rings (SSSR count). The summed E-state index contributed by atoms with van der Waals surface area (Å²) in [5.41, 5.74) is 2.16. The van der Waals surface area contributed by atoms with Gasteiger partial charge in [0.25, 0.3) is 0 Å². The molecule has 0 fully saturated rings. The summed E-state index contributed by atoms with van der Waals surface area (Å²) in [4.78, 5) is 16.8. The lowest BCUT2D eigenvalue weighted by Gasteiger charge is -2.14. The van der Waals surface area contributed by atoms with Gasteiger partial charge in [0.15, 0.2) is 23.0 Å². The molecule has 0 amide bonds. The molecular weight excluding hydrogens is 398 g/mol. The van der Waals surface area contributed by atoms with Crippen molar-refractivity contribution in [2.75, 3.05) is 28.4 Å². The lowest BCUT2D eigenvalue weighted by Crippen LogP contribution is -2.10. The van der Waals surface area contributed by atoms with Gasteiger partial charge in [0.1, 0.15) is 0 Å². The minimum absolute atomic E-state index is 0.248. The number of carbonyl (C=O) groups is 1. The lowest BCUT2D eigenvalue weighted by molar-refractivity contribution is 0.0729. The summed E-state index contributed by atoms with van der Waals surface area (Å²) in [5, 5.41) is 0. The van der Waals surface area contributed by atoms with Crippen LogP contribution in [0, 0.1) is 0 Å². The minimum Gasteiger partial charge on any atom is -0.493 e. The molecule has 0 radical (unpaired) electrons. The zero-order valence-corrected chi connectivity index (χ0v) is 17.7. The monoisotopic (exact) mass is 421 g/mol. The number of aromatic nitrogens is 1. The first kappa shape index (κ1) is 21.7. The van der Waals surface area contributed by atoms with Gasteiger partial charge in [-0.05, 0) is 47.5 Å². The third-order valence-corrected chi connectivity index (χ3v) is 4.47. The Labute approximate surface area is 180 Å². The largest absolute Gasteiger partial charge is 0.493 e. The van der Waals surface area contributed by atoms with Crippen LogP contribution in [0.1, 0.15) is 21.5 Å². The Bertz CT molecular complexity index is 1050. The Morgan fingerprint density at radius 1 is 0.710 bits per heavy atom. The highest BCUT2D eigenvalue weighted by Crippen LogP contribution is 2.39. The van der Waals surface area contributed by atoms with Crippen molar-refractivity contribution in [3.8, 4) is 28.7 Å². The second-order valence-electron chi connectivity index (χ2n) is 6.33. The number of methoxy groups -OCH3 is 4.